The molecule has 0 fully saturated rings. The molecule has 17 heavy (non-hydrogen) atoms. The van der Waals surface area contributed by atoms with E-state index in [0.29, 0.717) is 17.9 Å². The molecule has 1 amide bonds. The van der Waals surface area contributed by atoms with Crippen molar-refractivity contribution in [2.24, 2.45) is 5.73 Å². The van der Waals surface area contributed by atoms with Crippen LogP contribution in [-0.4, -0.2) is 28.1 Å². The van der Waals surface area contributed by atoms with Gasteiger partial charge in [0, 0.05) is 6.04 Å². The molecule has 0 aliphatic rings. The Labute approximate surface area is 100 Å². The van der Waals surface area contributed by atoms with Gasteiger partial charge in [0.1, 0.15) is 5.82 Å². The van der Waals surface area contributed by atoms with E-state index >= 15 is 0 Å². The van der Waals surface area contributed by atoms with Gasteiger partial charge in [-0.2, -0.15) is 0 Å². The quantitative estimate of drug-likeness (QED) is 0.590. The van der Waals surface area contributed by atoms with Gasteiger partial charge in [-0.3, -0.25) is 4.79 Å². The van der Waals surface area contributed by atoms with E-state index in [0.717, 1.165) is 0 Å². The van der Waals surface area contributed by atoms with Crippen LogP contribution in [-0.2, 0) is 0 Å². The lowest BCUT2D eigenvalue weighted by atomic mass is 10.1. The number of aromatic nitrogens is 1. The van der Waals surface area contributed by atoms with E-state index in [2.05, 4.69) is 10.3 Å². The summed E-state index contributed by atoms with van der Waals surface area (Å²) in [7, 11) is 0. The fourth-order valence-electron chi connectivity index (χ4n) is 1.59. The Morgan fingerprint density at radius 3 is 2.76 bits per heavy atom. The second kappa shape index (κ2) is 5.49. The number of carbonyl (C=O) groups is 1. The first-order valence-corrected chi connectivity index (χ1v) is 5.40. The van der Waals surface area contributed by atoms with Gasteiger partial charge in [0.25, 0.3) is 5.91 Å². The number of aliphatic hydroxyl groups excluding tert-OH is 1. The van der Waals surface area contributed by atoms with Crippen LogP contribution in [0, 0.1) is 0 Å². The van der Waals surface area contributed by atoms with Crippen LogP contribution in [0.5, 0.6) is 0 Å². The summed E-state index contributed by atoms with van der Waals surface area (Å²) in [5, 5.41) is 12.3. The Hall–Kier alpha value is -1.82. The highest BCUT2D eigenvalue weighted by atomic mass is 16.3. The van der Waals surface area contributed by atoms with E-state index in [9.17, 15) is 9.90 Å². The minimum absolute atomic E-state index is 0.0239. The zero-order valence-corrected chi connectivity index (χ0v) is 9.97. The van der Waals surface area contributed by atoms with Crippen LogP contribution in [0.15, 0.2) is 12.3 Å². The molecule has 0 spiro atoms. The van der Waals surface area contributed by atoms with Gasteiger partial charge in [-0.15, -0.1) is 0 Å². The Balaban J connectivity index is 2.86. The zero-order chi connectivity index (χ0) is 13.0. The fourth-order valence-corrected chi connectivity index (χ4v) is 1.59. The minimum Gasteiger partial charge on any atom is -0.397 e. The summed E-state index contributed by atoms with van der Waals surface area (Å²) in [4.78, 5) is 15.2. The van der Waals surface area contributed by atoms with E-state index in [1.807, 2.05) is 6.92 Å². The van der Waals surface area contributed by atoms with Crippen molar-refractivity contribution < 1.29 is 9.90 Å². The lowest BCUT2D eigenvalue weighted by Gasteiger charge is -2.17. The summed E-state index contributed by atoms with van der Waals surface area (Å²) in [6, 6.07) is 1.46. The average Bonchev–Trinajstić information content (AvgIpc) is 2.19. The van der Waals surface area contributed by atoms with Crippen LogP contribution in [0.4, 0.5) is 11.5 Å². The van der Waals surface area contributed by atoms with Gasteiger partial charge in [-0.1, -0.05) is 0 Å². The number of nitrogens with zero attached hydrogens (tertiary/aromatic N) is 1. The van der Waals surface area contributed by atoms with Crippen LogP contribution in [0.25, 0.3) is 0 Å². The summed E-state index contributed by atoms with van der Waals surface area (Å²) in [5.74, 6) is -0.198. The molecular formula is C11H18N4O2. The van der Waals surface area contributed by atoms with Gasteiger partial charge >= 0.3 is 0 Å². The molecule has 6 heteroatoms. The maximum atomic E-state index is 11.2. The number of anilines is 2. The van der Waals surface area contributed by atoms with Gasteiger partial charge in [-0.05, 0) is 26.3 Å². The summed E-state index contributed by atoms with van der Waals surface area (Å²) in [6.45, 7) is 3.58. The topological polar surface area (TPSA) is 114 Å². The highest BCUT2D eigenvalue weighted by Crippen LogP contribution is 2.16. The largest absolute Gasteiger partial charge is 0.397 e. The third-order valence-corrected chi connectivity index (χ3v) is 2.25. The third kappa shape index (κ3) is 3.92. The molecule has 1 aromatic heterocycles. The number of carbonyl (C=O) groups excluding carboxylic acids is 1. The highest BCUT2D eigenvalue weighted by molar-refractivity contribution is 5.98. The maximum absolute atomic E-state index is 11.2. The first kappa shape index (κ1) is 13.2. The van der Waals surface area contributed by atoms with Crippen molar-refractivity contribution in [3.63, 3.8) is 0 Å². The molecule has 6 nitrogen and oxygen atoms in total. The van der Waals surface area contributed by atoms with Gasteiger partial charge in [-0.25, -0.2) is 4.98 Å². The number of aliphatic hydroxyl groups is 1. The van der Waals surface area contributed by atoms with Crippen molar-refractivity contribution in [3.8, 4) is 0 Å². The normalized spacial score (nSPS) is 14.1. The number of nitrogens with one attached hydrogen (secondary N) is 1. The molecular weight excluding hydrogens is 220 g/mol. The summed E-state index contributed by atoms with van der Waals surface area (Å²) >= 11 is 0. The Bertz CT molecular complexity index is 406. The number of pyridine rings is 1. The molecule has 0 bridgehead atoms. The van der Waals surface area contributed by atoms with E-state index < -0.39 is 12.0 Å². The Morgan fingerprint density at radius 1 is 1.59 bits per heavy atom. The lowest BCUT2D eigenvalue weighted by molar-refractivity contribution is 0.100. The smallest absolute Gasteiger partial charge is 0.252 e. The number of hydrogen-bond donors (Lipinski definition) is 4. The molecule has 0 aliphatic heterocycles. The van der Waals surface area contributed by atoms with E-state index in [4.69, 9.17) is 11.5 Å². The van der Waals surface area contributed by atoms with Crippen molar-refractivity contribution in [1.29, 1.82) is 0 Å². The Morgan fingerprint density at radius 2 is 2.24 bits per heavy atom. The van der Waals surface area contributed by atoms with Crippen molar-refractivity contribution in [2.75, 3.05) is 11.1 Å². The van der Waals surface area contributed by atoms with Gasteiger partial charge < -0.3 is 21.9 Å². The zero-order valence-electron chi connectivity index (χ0n) is 9.97. The minimum atomic E-state index is -0.587. The van der Waals surface area contributed by atoms with E-state index in [1.165, 1.54) is 12.3 Å². The highest BCUT2D eigenvalue weighted by Gasteiger charge is 2.13. The second-order valence-electron chi connectivity index (χ2n) is 4.16. The first-order chi connectivity index (χ1) is 7.90. The number of nitrogens with two attached hydrogens (primary N) is 2. The predicted octanol–water partition coefficient (Wildman–Crippen LogP) is 0.334. The monoisotopic (exact) mass is 238 g/mol. The second-order valence-corrected chi connectivity index (χ2v) is 4.16. The number of hydrogen-bond acceptors (Lipinski definition) is 5. The molecule has 0 aromatic carbocycles. The molecule has 0 saturated heterocycles. The molecule has 1 heterocycles. The van der Waals surface area contributed by atoms with Crippen molar-refractivity contribution in [1.82, 2.24) is 4.98 Å². The third-order valence-electron chi connectivity index (χ3n) is 2.25. The SMILES string of the molecule is CC(O)CC(C)Nc1ncc(N)cc1C(N)=O. The standard InChI is InChI=1S/C11H18N4O2/c1-6(3-7(2)16)15-11-9(10(13)17)4-8(12)5-14-11/h4-7,16H,3,12H2,1-2H3,(H2,13,17)(H,14,15). The van der Waals surface area contributed by atoms with Gasteiger partial charge in [0.2, 0.25) is 0 Å². The lowest BCUT2D eigenvalue weighted by Crippen LogP contribution is -2.24. The maximum Gasteiger partial charge on any atom is 0.252 e. The van der Waals surface area contributed by atoms with Crippen molar-refractivity contribution >= 4 is 17.4 Å². The van der Waals surface area contributed by atoms with Crippen LogP contribution >= 0.6 is 0 Å². The van der Waals surface area contributed by atoms with Gasteiger partial charge in [0.15, 0.2) is 0 Å². The molecule has 1 aromatic rings. The fraction of sp³-hybridized carbons (Fsp3) is 0.455. The summed E-state index contributed by atoms with van der Waals surface area (Å²) in [6.07, 6.45) is 1.57. The summed E-state index contributed by atoms with van der Waals surface area (Å²) < 4.78 is 0. The molecule has 2 atom stereocenters. The number of primary amides is 1. The number of amides is 1. The predicted molar refractivity (Wildman–Crippen MR) is 66.5 cm³/mol. The van der Waals surface area contributed by atoms with E-state index in [1.54, 1.807) is 6.92 Å². The van der Waals surface area contributed by atoms with Crippen molar-refractivity contribution in [3.05, 3.63) is 17.8 Å². The molecule has 94 valence electrons. The van der Waals surface area contributed by atoms with Crippen LogP contribution in [0.2, 0.25) is 0 Å². The number of nitrogen functional groups attached to an aromatic ring is 1. The summed E-state index contributed by atoms with van der Waals surface area (Å²) in [5.41, 5.74) is 11.4. The average molecular weight is 238 g/mol. The van der Waals surface area contributed by atoms with Crippen LogP contribution < -0.4 is 16.8 Å². The molecule has 2 unspecified atom stereocenters. The molecule has 0 saturated carbocycles. The van der Waals surface area contributed by atoms with Crippen LogP contribution in [0.3, 0.4) is 0 Å². The number of rotatable bonds is 5. The van der Waals surface area contributed by atoms with Crippen molar-refractivity contribution in [2.45, 2.75) is 32.4 Å². The Kier molecular flexibility index (Phi) is 4.28. The molecule has 6 N–H and O–H groups in total. The van der Waals surface area contributed by atoms with Crippen LogP contribution in [0.1, 0.15) is 30.6 Å². The molecule has 0 radical (unpaired) electrons. The molecule has 0 aliphatic carbocycles. The molecule has 1 rings (SSSR count). The van der Waals surface area contributed by atoms with Gasteiger partial charge in [0.05, 0.1) is 23.6 Å². The van der Waals surface area contributed by atoms with E-state index in [-0.39, 0.29) is 11.6 Å². The first-order valence-electron chi connectivity index (χ1n) is 5.40.